The Morgan fingerprint density at radius 1 is 1.13 bits per heavy atom. The minimum absolute atomic E-state index is 0.0665. The van der Waals surface area contributed by atoms with Crippen molar-refractivity contribution in [3.8, 4) is 11.5 Å². The molecule has 0 aromatic heterocycles. The number of halogens is 1. The fourth-order valence-electron chi connectivity index (χ4n) is 2.97. The highest BCUT2D eigenvalue weighted by Gasteiger charge is 2.23. The van der Waals surface area contributed by atoms with Gasteiger partial charge in [0.1, 0.15) is 6.04 Å². The molecule has 2 rings (SSSR count). The highest BCUT2D eigenvalue weighted by molar-refractivity contribution is 5.93. The van der Waals surface area contributed by atoms with Crippen LogP contribution in [-0.4, -0.2) is 30.1 Å². The molecule has 2 atom stereocenters. The second kappa shape index (κ2) is 10.5. The van der Waals surface area contributed by atoms with E-state index >= 15 is 0 Å². The first-order valence-corrected chi connectivity index (χ1v) is 9.76. The second-order valence-corrected chi connectivity index (χ2v) is 6.75. The highest BCUT2D eigenvalue weighted by atomic mass is 19.1. The van der Waals surface area contributed by atoms with E-state index in [2.05, 4.69) is 5.32 Å². The number of anilines is 1. The molecule has 0 saturated heterocycles. The second-order valence-electron chi connectivity index (χ2n) is 6.75. The molecule has 1 amide bonds. The van der Waals surface area contributed by atoms with Gasteiger partial charge in [-0.1, -0.05) is 0 Å². The molecule has 2 aromatic carbocycles. The van der Waals surface area contributed by atoms with E-state index in [4.69, 9.17) is 9.47 Å². The summed E-state index contributed by atoms with van der Waals surface area (Å²) in [5, 5.41) is 15.3. The van der Waals surface area contributed by atoms with Crippen LogP contribution in [0.4, 0.5) is 15.8 Å². The van der Waals surface area contributed by atoms with Crippen molar-refractivity contribution in [2.45, 2.75) is 39.8 Å². The Morgan fingerprint density at radius 3 is 2.43 bits per heavy atom. The molecule has 0 spiro atoms. The Kier molecular flexibility index (Phi) is 8.11. The van der Waals surface area contributed by atoms with Crippen LogP contribution < -0.4 is 20.1 Å². The maximum atomic E-state index is 13.5. The molecule has 3 N–H and O–H groups in total. The van der Waals surface area contributed by atoms with Crippen molar-refractivity contribution in [3.05, 3.63) is 57.9 Å². The van der Waals surface area contributed by atoms with Crippen molar-refractivity contribution in [2.24, 2.45) is 0 Å². The van der Waals surface area contributed by atoms with Crippen LogP contribution in [0.2, 0.25) is 0 Å². The van der Waals surface area contributed by atoms with Crippen LogP contribution >= 0.6 is 0 Å². The number of quaternary nitrogens is 1. The number of nitro benzene ring substituents is 1. The summed E-state index contributed by atoms with van der Waals surface area (Å²) in [4.78, 5) is 22.5. The third kappa shape index (κ3) is 5.90. The number of carbonyl (C=O) groups excluding carboxylic acids is 1. The molecule has 0 heterocycles. The highest BCUT2D eigenvalue weighted by Crippen LogP contribution is 2.30. The molecule has 162 valence electrons. The number of hydrogen-bond donors (Lipinski definition) is 2. The largest absolute Gasteiger partial charge is 0.490 e. The lowest BCUT2D eigenvalue weighted by molar-refractivity contribution is -0.709. The standard InChI is InChI=1S/C21H26FN3O5/c1-5-29-19-10-7-15(11-20(19)30-6-2)13(3)23-14(4)21(26)24-16-8-9-17(22)18(12-16)25(27)28/h7-14,23H,5-6H2,1-4H3,(H,24,26)/p+1/t13-,14-/m0/s1. The number of nitrogens with one attached hydrogen (secondary N) is 1. The maximum absolute atomic E-state index is 13.5. The van der Waals surface area contributed by atoms with Gasteiger partial charge in [-0.15, -0.1) is 0 Å². The van der Waals surface area contributed by atoms with Gasteiger partial charge >= 0.3 is 5.69 Å². The maximum Gasteiger partial charge on any atom is 0.306 e. The van der Waals surface area contributed by atoms with Gasteiger partial charge in [0.15, 0.2) is 17.5 Å². The van der Waals surface area contributed by atoms with Gasteiger partial charge in [0.2, 0.25) is 5.82 Å². The van der Waals surface area contributed by atoms with E-state index in [1.165, 1.54) is 6.07 Å². The zero-order valence-electron chi connectivity index (χ0n) is 17.5. The van der Waals surface area contributed by atoms with Gasteiger partial charge in [-0.05, 0) is 58.0 Å². The number of hydrogen-bond acceptors (Lipinski definition) is 5. The number of ether oxygens (including phenoxy) is 2. The molecule has 0 saturated carbocycles. The van der Waals surface area contributed by atoms with Crippen molar-refractivity contribution in [1.82, 2.24) is 0 Å². The summed E-state index contributed by atoms with van der Waals surface area (Å²) in [5.41, 5.74) is 0.440. The Labute approximate surface area is 174 Å². The summed E-state index contributed by atoms with van der Waals surface area (Å²) in [6, 6.07) is 8.35. The van der Waals surface area contributed by atoms with E-state index in [0.717, 1.165) is 17.7 Å². The number of nitrogens with zero attached hydrogens (tertiary/aromatic N) is 1. The van der Waals surface area contributed by atoms with Crippen LogP contribution in [0.3, 0.4) is 0 Å². The summed E-state index contributed by atoms with van der Waals surface area (Å²) in [6.07, 6.45) is 0. The van der Waals surface area contributed by atoms with Crippen LogP contribution in [0.5, 0.6) is 11.5 Å². The van der Waals surface area contributed by atoms with Crippen molar-refractivity contribution >= 4 is 17.3 Å². The summed E-state index contributed by atoms with van der Waals surface area (Å²) >= 11 is 0. The normalized spacial score (nSPS) is 12.7. The average Bonchev–Trinajstić information content (AvgIpc) is 2.70. The van der Waals surface area contributed by atoms with Crippen molar-refractivity contribution < 1.29 is 28.9 Å². The molecular weight excluding hydrogens is 393 g/mol. The van der Waals surface area contributed by atoms with Crippen molar-refractivity contribution in [1.29, 1.82) is 0 Å². The van der Waals surface area contributed by atoms with Crippen LogP contribution in [0.15, 0.2) is 36.4 Å². The van der Waals surface area contributed by atoms with Crippen LogP contribution in [0.1, 0.15) is 39.3 Å². The van der Waals surface area contributed by atoms with Gasteiger partial charge < -0.3 is 20.1 Å². The molecule has 0 radical (unpaired) electrons. The smallest absolute Gasteiger partial charge is 0.306 e. The quantitative estimate of drug-likeness (QED) is 0.453. The summed E-state index contributed by atoms with van der Waals surface area (Å²) in [6.45, 7) is 8.50. The molecule has 0 fully saturated rings. The van der Waals surface area contributed by atoms with Gasteiger partial charge in [-0.2, -0.15) is 4.39 Å². The Balaban J connectivity index is 2.07. The van der Waals surface area contributed by atoms with E-state index < -0.39 is 22.5 Å². The van der Waals surface area contributed by atoms with Gasteiger partial charge in [0.05, 0.1) is 18.1 Å². The Morgan fingerprint density at radius 2 is 1.80 bits per heavy atom. The molecule has 8 nitrogen and oxygen atoms in total. The molecule has 0 aliphatic carbocycles. The van der Waals surface area contributed by atoms with E-state index in [1.54, 1.807) is 6.92 Å². The minimum atomic E-state index is -0.952. The molecule has 0 aliphatic rings. The topological polar surface area (TPSA) is 107 Å². The Bertz CT molecular complexity index is 906. The molecule has 30 heavy (non-hydrogen) atoms. The Hall–Kier alpha value is -3.20. The number of nitro groups is 1. The fourth-order valence-corrected chi connectivity index (χ4v) is 2.97. The number of benzene rings is 2. The minimum Gasteiger partial charge on any atom is -0.490 e. The monoisotopic (exact) mass is 420 g/mol. The third-order valence-corrected chi connectivity index (χ3v) is 4.49. The first-order valence-electron chi connectivity index (χ1n) is 9.76. The molecule has 2 aromatic rings. The lowest BCUT2D eigenvalue weighted by atomic mass is 10.1. The SMILES string of the molecule is CCOc1ccc([C@H](C)[NH2+][C@@H](C)C(=O)Nc2ccc(F)c([N+](=O)[O-])c2)cc1OCC. The van der Waals surface area contributed by atoms with E-state index in [9.17, 15) is 19.3 Å². The first kappa shape index (κ1) is 23.1. The van der Waals surface area contributed by atoms with Crippen molar-refractivity contribution in [2.75, 3.05) is 18.5 Å². The molecule has 0 aliphatic heterocycles. The molecule has 0 bridgehead atoms. The predicted octanol–water partition coefficient (Wildman–Crippen LogP) is 3.18. The molecule has 0 unspecified atom stereocenters. The predicted molar refractivity (Wildman–Crippen MR) is 110 cm³/mol. The zero-order chi connectivity index (χ0) is 22.3. The van der Waals surface area contributed by atoms with E-state index in [1.807, 2.05) is 44.3 Å². The summed E-state index contributed by atoms with van der Waals surface area (Å²) in [5.74, 6) is 0.0115. The lowest BCUT2D eigenvalue weighted by Gasteiger charge is -2.18. The number of rotatable bonds is 10. The summed E-state index contributed by atoms with van der Waals surface area (Å²) in [7, 11) is 0. The first-order chi connectivity index (χ1) is 14.3. The van der Waals surface area contributed by atoms with Crippen molar-refractivity contribution in [3.63, 3.8) is 0 Å². The number of amides is 1. The fraction of sp³-hybridized carbons (Fsp3) is 0.381. The average molecular weight is 420 g/mol. The number of nitrogens with two attached hydrogens (primary N) is 1. The lowest BCUT2D eigenvalue weighted by Crippen LogP contribution is -2.91. The third-order valence-electron chi connectivity index (χ3n) is 4.49. The van der Waals surface area contributed by atoms with Crippen LogP contribution in [0, 0.1) is 15.9 Å². The number of carbonyl (C=O) groups is 1. The van der Waals surface area contributed by atoms with E-state index in [0.29, 0.717) is 24.7 Å². The molecular formula is C21H27FN3O5+. The van der Waals surface area contributed by atoms with Gasteiger partial charge in [-0.3, -0.25) is 14.9 Å². The van der Waals surface area contributed by atoms with E-state index in [-0.39, 0.29) is 17.6 Å². The van der Waals surface area contributed by atoms with Gasteiger partial charge in [0.25, 0.3) is 5.91 Å². The zero-order valence-corrected chi connectivity index (χ0v) is 17.5. The van der Waals surface area contributed by atoms with Crippen LogP contribution in [0.25, 0.3) is 0 Å². The van der Waals surface area contributed by atoms with Crippen LogP contribution in [-0.2, 0) is 4.79 Å². The molecule has 9 heteroatoms. The van der Waals surface area contributed by atoms with Gasteiger partial charge in [-0.25, -0.2) is 0 Å². The summed E-state index contributed by atoms with van der Waals surface area (Å²) < 4.78 is 24.7. The van der Waals surface area contributed by atoms with Gasteiger partial charge in [0, 0.05) is 17.3 Å².